The highest BCUT2D eigenvalue weighted by atomic mass is 35.5. The molecular weight excluding hydrogens is 356 g/mol. The fraction of sp³-hybridized carbons (Fsp3) is 0.316. The normalized spacial score (nSPS) is 17.8. The number of fused-ring (bicyclic) bond motifs is 1. The summed E-state index contributed by atoms with van der Waals surface area (Å²) < 4.78 is 11.4. The minimum atomic E-state index is -0.287. The number of hydrogen-bond acceptors (Lipinski definition) is 3. The second-order valence-corrected chi connectivity index (χ2v) is 7.48. The van der Waals surface area contributed by atoms with Crippen molar-refractivity contribution >= 4 is 34.6 Å². The average molecular weight is 377 g/mol. The molecule has 0 saturated heterocycles. The van der Waals surface area contributed by atoms with E-state index in [0.29, 0.717) is 10.1 Å². The van der Waals surface area contributed by atoms with Crippen molar-refractivity contribution in [3.8, 4) is 11.5 Å². The number of anilines is 1. The zero-order valence-electron chi connectivity index (χ0n) is 14.4. The molecule has 0 aromatic heterocycles. The quantitative estimate of drug-likeness (QED) is 0.743. The largest absolute Gasteiger partial charge is 0.497 e. The molecule has 0 saturated carbocycles. The molecule has 2 aromatic rings. The van der Waals surface area contributed by atoms with Gasteiger partial charge in [-0.05, 0) is 62.5 Å². The van der Waals surface area contributed by atoms with E-state index in [1.54, 1.807) is 7.11 Å². The van der Waals surface area contributed by atoms with Gasteiger partial charge in [-0.25, -0.2) is 0 Å². The average Bonchev–Trinajstić information content (AvgIpc) is 2.53. The Morgan fingerprint density at radius 3 is 2.80 bits per heavy atom. The Kier molecular flexibility index (Phi) is 5.06. The molecule has 0 amide bonds. The van der Waals surface area contributed by atoms with Crippen LogP contribution in [0.2, 0.25) is 5.02 Å². The number of hydrogen-bond donors (Lipinski definition) is 2. The fourth-order valence-corrected chi connectivity index (χ4v) is 3.43. The standard InChI is InChI=1S/C19H21ClN2O2S/c1-19(2)11-16(15-10-14(23-3)7-8-17(15)24-19)22-18(25)21-13-6-4-5-12(20)9-13/h4-10,16H,11H2,1-3H3,(H2,21,22,25)/t16-/m0/s1. The molecule has 4 nitrogen and oxygen atoms in total. The highest BCUT2D eigenvalue weighted by molar-refractivity contribution is 7.80. The minimum Gasteiger partial charge on any atom is -0.497 e. The van der Waals surface area contributed by atoms with Crippen molar-refractivity contribution < 1.29 is 9.47 Å². The first-order valence-electron chi connectivity index (χ1n) is 8.06. The van der Waals surface area contributed by atoms with Gasteiger partial charge in [0.2, 0.25) is 0 Å². The topological polar surface area (TPSA) is 42.5 Å². The predicted molar refractivity (Wildman–Crippen MR) is 106 cm³/mol. The summed E-state index contributed by atoms with van der Waals surface area (Å²) >= 11 is 11.5. The molecule has 3 rings (SSSR count). The maximum atomic E-state index is 6.09. The highest BCUT2D eigenvalue weighted by Crippen LogP contribution is 2.41. The van der Waals surface area contributed by atoms with Gasteiger partial charge in [-0.2, -0.15) is 0 Å². The molecule has 0 fully saturated rings. The molecule has 1 heterocycles. The van der Waals surface area contributed by atoms with Gasteiger partial charge in [0.15, 0.2) is 5.11 Å². The first kappa shape index (κ1) is 17.8. The van der Waals surface area contributed by atoms with Crippen LogP contribution < -0.4 is 20.1 Å². The van der Waals surface area contributed by atoms with Crippen LogP contribution in [0.3, 0.4) is 0 Å². The third-order valence-electron chi connectivity index (χ3n) is 4.06. The van der Waals surface area contributed by atoms with Crippen molar-refractivity contribution in [3.05, 3.63) is 53.1 Å². The lowest BCUT2D eigenvalue weighted by atomic mass is 9.89. The van der Waals surface area contributed by atoms with Crippen LogP contribution in [0.4, 0.5) is 5.69 Å². The number of nitrogens with one attached hydrogen (secondary N) is 2. The Hall–Kier alpha value is -1.98. The van der Waals surface area contributed by atoms with Crippen molar-refractivity contribution in [2.45, 2.75) is 31.9 Å². The van der Waals surface area contributed by atoms with Gasteiger partial charge >= 0.3 is 0 Å². The van der Waals surface area contributed by atoms with Gasteiger partial charge in [-0.1, -0.05) is 17.7 Å². The van der Waals surface area contributed by atoms with Crippen molar-refractivity contribution in [1.82, 2.24) is 5.32 Å². The molecule has 25 heavy (non-hydrogen) atoms. The van der Waals surface area contributed by atoms with E-state index < -0.39 is 0 Å². The Morgan fingerprint density at radius 2 is 2.08 bits per heavy atom. The van der Waals surface area contributed by atoms with Crippen LogP contribution >= 0.6 is 23.8 Å². The van der Waals surface area contributed by atoms with Crippen LogP contribution in [0.1, 0.15) is 31.9 Å². The number of halogens is 1. The minimum absolute atomic E-state index is 0.0213. The zero-order valence-corrected chi connectivity index (χ0v) is 16.0. The lowest BCUT2D eigenvalue weighted by molar-refractivity contribution is 0.0695. The maximum Gasteiger partial charge on any atom is 0.171 e. The SMILES string of the molecule is COc1ccc2c(c1)[C@@H](NC(=S)Nc1cccc(Cl)c1)CC(C)(C)O2. The molecule has 1 atom stereocenters. The maximum absolute atomic E-state index is 6.09. The van der Waals surface area contributed by atoms with Crippen LogP contribution in [0.25, 0.3) is 0 Å². The molecule has 0 spiro atoms. The van der Waals surface area contributed by atoms with Crippen LogP contribution in [0, 0.1) is 0 Å². The number of benzene rings is 2. The van der Waals surface area contributed by atoms with Gasteiger partial charge in [0.1, 0.15) is 17.1 Å². The van der Waals surface area contributed by atoms with Gasteiger partial charge in [0, 0.05) is 22.7 Å². The van der Waals surface area contributed by atoms with E-state index >= 15 is 0 Å². The summed E-state index contributed by atoms with van der Waals surface area (Å²) in [4.78, 5) is 0. The van der Waals surface area contributed by atoms with E-state index in [4.69, 9.17) is 33.3 Å². The lowest BCUT2D eigenvalue weighted by Crippen LogP contribution is -2.42. The molecule has 132 valence electrons. The Morgan fingerprint density at radius 1 is 1.28 bits per heavy atom. The third-order valence-corrected chi connectivity index (χ3v) is 4.52. The van der Waals surface area contributed by atoms with Crippen LogP contribution in [0.5, 0.6) is 11.5 Å². The molecule has 0 aliphatic carbocycles. The van der Waals surface area contributed by atoms with E-state index in [9.17, 15) is 0 Å². The van der Waals surface area contributed by atoms with Crippen molar-refractivity contribution in [2.24, 2.45) is 0 Å². The summed E-state index contributed by atoms with van der Waals surface area (Å²) in [7, 11) is 1.66. The smallest absolute Gasteiger partial charge is 0.171 e. The van der Waals surface area contributed by atoms with E-state index in [2.05, 4.69) is 24.5 Å². The molecule has 1 aliphatic rings. The summed E-state index contributed by atoms with van der Waals surface area (Å²) in [5.74, 6) is 1.64. The third kappa shape index (κ3) is 4.35. The summed E-state index contributed by atoms with van der Waals surface area (Å²) in [6, 6.07) is 13.3. The second kappa shape index (κ2) is 7.10. The molecule has 0 radical (unpaired) electrons. The number of rotatable bonds is 3. The van der Waals surface area contributed by atoms with E-state index in [1.165, 1.54) is 0 Å². The molecule has 0 bridgehead atoms. The Labute approximate surface area is 158 Å². The number of ether oxygens (including phenoxy) is 2. The summed E-state index contributed by atoms with van der Waals surface area (Å²) in [5.41, 5.74) is 1.60. The summed E-state index contributed by atoms with van der Waals surface area (Å²) in [5, 5.41) is 7.77. The first-order chi connectivity index (χ1) is 11.9. The van der Waals surface area contributed by atoms with Crippen LogP contribution in [-0.2, 0) is 0 Å². The van der Waals surface area contributed by atoms with Crippen molar-refractivity contribution in [2.75, 3.05) is 12.4 Å². The van der Waals surface area contributed by atoms with Gasteiger partial charge in [0.05, 0.1) is 13.2 Å². The van der Waals surface area contributed by atoms with Gasteiger partial charge in [0.25, 0.3) is 0 Å². The molecule has 0 unspecified atom stereocenters. The summed E-state index contributed by atoms with van der Waals surface area (Å²) in [6.45, 7) is 4.14. The molecular formula is C19H21ClN2O2S. The van der Waals surface area contributed by atoms with Crippen LogP contribution in [0.15, 0.2) is 42.5 Å². The van der Waals surface area contributed by atoms with E-state index in [-0.39, 0.29) is 11.6 Å². The van der Waals surface area contributed by atoms with Crippen molar-refractivity contribution in [3.63, 3.8) is 0 Å². The number of thiocarbonyl (C=S) groups is 1. The number of methoxy groups -OCH3 is 1. The molecule has 2 N–H and O–H groups in total. The monoisotopic (exact) mass is 376 g/mol. The lowest BCUT2D eigenvalue weighted by Gasteiger charge is -2.38. The highest BCUT2D eigenvalue weighted by Gasteiger charge is 2.34. The first-order valence-corrected chi connectivity index (χ1v) is 8.85. The second-order valence-electron chi connectivity index (χ2n) is 6.63. The van der Waals surface area contributed by atoms with Gasteiger partial charge < -0.3 is 20.1 Å². The molecule has 6 heteroatoms. The van der Waals surface area contributed by atoms with Gasteiger partial charge in [-0.15, -0.1) is 0 Å². The predicted octanol–water partition coefficient (Wildman–Crippen LogP) is 4.94. The van der Waals surface area contributed by atoms with E-state index in [1.807, 2.05) is 42.5 Å². The molecule has 2 aromatic carbocycles. The zero-order chi connectivity index (χ0) is 18.0. The summed E-state index contributed by atoms with van der Waals surface area (Å²) in [6.07, 6.45) is 0.782. The Balaban J connectivity index is 1.80. The van der Waals surface area contributed by atoms with Crippen LogP contribution in [-0.4, -0.2) is 17.8 Å². The van der Waals surface area contributed by atoms with Crippen molar-refractivity contribution in [1.29, 1.82) is 0 Å². The molecule has 1 aliphatic heterocycles. The van der Waals surface area contributed by atoms with Gasteiger partial charge in [-0.3, -0.25) is 0 Å². The Bertz CT molecular complexity index is 795. The fourth-order valence-electron chi connectivity index (χ4n) is 2.98. The van der Waals surface area contributed by atoms with E-state index in [0.717, 1.165) is 29.2 Å².